The van der Waals surface area contributed by atoms with Crippen LogP contribution < -0.4 is 0 Å². The lowest BCUT2D eigenvalue weighted by molar-refractivity contribution is -0.139. The van der Waals surface area contributed by atoms with E-state index in [2.05, 4.69) is 19.9 Å². The molecule has 7 nitrogen and oxygen atoms in total. The van der Waals surface area contributed by atoms with Crippen LogP contribution in [0.25, 0.3) is 28.6 Å². The van der Waals surface area contributed by atoms with Crippen LogP contribution in [0.15, 0.2) is 41.2 Å². The van der Waals surface area contributed by atoms with Crippen LogP contribution in [0.3, 0.4) is 0 Å². The molecule has 0 amide bonds. The maximum absolute atomic E-state index is 11.4. The lowest BCUT2D eigenvalue weighted by atomic mass is 10.1. The molecule has 0 fully saturated rings. The molecule has 0 N–H and O–H groups in total. The molecule has 0 aliphatic rings. The van der Waals surface area contributed by atoms with E-state index in [0.717, 1.165) is 11.1 Å². The van der Waals surface area contributed by atoms with Crippen LogP contribution in [0.2, 0.25) is 10.0 Å². The Morgan fingerprint density at radius 2 is 2.00 bits per heavy atom. The number of aromatic nitrogens is 4. The summed E-state index contributed by atoms with van der Waals surface area (Å²) < 4.78 is 11.8. The first-order valence-electron chi connectivity index (χ1n) is 8.29. The highest BCUT2D eigenvalue weighted by Gasteiger charge is 2.17. The van der Waals surface area contributed by atoms with Gasteiger partial charge in [-0.2, -0.15) is 4.98 Å². The van der Waals surface area contributed by atoms with Crippen molar-refractivity contribution in [1.29, 1.82) is 0 Å². The van der Waals surface area contributed by atoms with E-state index in [4.69, 9.17) is 27.7 Å². The van der Waals surface area contributed by atoms with Gasteiger partial charge in [-0.1, -0.05) is 34.4 Å². The number of fused-ring (bicyclic) bond motifs is 1. The van der Waals surface area contributed by atoms with E-state index >= 15 is 0 Å². The first kappa shape index (κ1) is 18.5. The van der Waals surface area contributed by atoms with Crippen molar-refractivity contribution in [3.8, 4) is 23.0 Å². The molecule has 4 aromatic rings. The highest BCUT2D eigenvalue weighted by molar-refractivity contribution is 6.33. The van der Waals surface area contributed by atoms with Gasteiger partial charge in [0.2, 0.25) is 5.82 Å². The Morgan fingerprint density at radius 3 is 2.75 bits per heavy atom. The number of benzene rings is 1. The molecular weight excluding hydrogens is 403 g/mol. The van der Waals surface area contributed by atoms with Crippen molar-refractivity contribution in [2.75, 3.05) is 7.11 Å². The summed E-state index contributed by atoms with van der Waals surface area (Å²) in [5.74, 6) is 0.234. The van der Waals surface area contributed by atoms with Crippen LogP contribution in [0, 0.1) is 6.92 Å². The van der Waals surface area contributed by atoms with E-state index in [1.807, 2.05) is 23.6 Å². The minimum atomic E-state index is -0.341. The number of pyridine rings is 1. The molecule has 0 aliphatic heterocycles. The monoisotopic (exact) mass is 416 g/mol. The molecule has 3 aromatic heterocycles. The topological polar surface area (TPSA) is 82.5 Å². The molecule has 9 heteroatoms. The Bertz CT molecular complexity index is 1200. The summed E-state index contributed by atoms with van der Waals surface area (Å²) in [5, 5.41) is 4.94. The standard InChI is InChI=1S/C19H14Cl2N4O3/c1-10-5-14(21)18-22-15(9-25(18)8-10)19-23-17(24-28-19)12-4-3-11(6-13(12)20)7-16(26)27-2/h3-6,8-9H,7H2,1-2H3. The number of methoxy groups -OCH3 is 1. The molecule has 0 aliphatic carbocycles. The predicted molar refractivity (Wildman–Crippen MR) is 104 cm³/mol. The van der Waals surface area contributed by atoms with Gasteiger partial charge >= 0.3 is 5.97 Å². The Balaban J connectivity index is 1.66. The van der Waals surface area contributed by atoms with Crippen LogP contribution >= 0.6 is 23.2 Å². The second-order valence-electron chi connectivity index (χ2n) is 6.21. The number of nitrogens with zero attached hydrogens (tertiary/aromatic N) is 4. The molecule has 0 bridgehead atoms. The van der Waals surface area contributed by atoms with Crippen molar-refractivity contribution in [2.24, 2.45) is 0 Å². The molecule has 0 spiro atoms. The average molecular weight is 417 g/mol. The van der Waals surface area contributed by atoms with Crippen molar-refractivity contribution in [2.45, 2.75) is 13.3 Å². The lowest BCUT2D eigenvalue weighted by Crippen LogP contribution is -2.04. The molecule has 142 valence electrons. The fraction of sp³-hybridized carbons (Fsp3) is 0.158. The van der Waals surface area contributed by atoms with Gasteiger partial charge in [0.15, 0.2) is 5.65 Å². The molecule has 0 saturated carbocycles. The minimum Gasteiger partial charge on any atom is -0.469 e. The second-order valence-corrected chi connectivity index (χ2v) is 7.03. The largest absolute Gasteiger partial charge is 0.469 e. The smallest absolute Gasteiger partial charge is 0.309 e. The van der Waals surface area contributed by atoms with Crippen molar-refractivity contribution < 1.29 is 14.1 Å². The van der Waals surface area contributed by atoms with Crippen molar-refractivity contribution in [3.63, 3.8) is 0 Å². The highest BCUT2D eigenvalue weighted by atomic mass is 35.5. The predicted octanol–water partition coefficient (Wildman–Crippen LogP) is 4.38. The molecule has 0 unspecified atom stereocenters. The van der Waals surface area contributed by atoms with Gasteiger partial charge in [-0.25, -0.2) is 4.98 Å². The number of carbonyl (C=O) groups is 1. The molecule has 0 saturated heterocycles. The number of hydrogen-bond acceptors (Lipinski definition) is 6. The summed E-state index contributed by atoms with van der Waals surface area (Å²) in [5.41, 5.74) is 3.43. The number of aryl methyl sites for hydroxylation is 1. The van der Waals surface area contributed by atoms with Gasteiger partial charge < -0.3 is 13.7 Å². The van der Waals surface area contributed by atoms with Gasteiger partial charge in [0, 0.05) is 18.0 Å². The zero-order valence-corrected chi connectivity index (χ0v) is 16.5. The molecule has 28 heavy (non-hydrogen) atoms. The maximum Gasteiger partial charge on any atom is 0.309 e. The Kier molecular flexibility index (Phi) is 4.78. The maximum atomic E-state index is 11.4. The Hall–Kier alpha value is -2.90. The van der Waals surface area contributed by atoms with Crippen molar-refractivity contribution in [1.82, 2.24) is 19.5 Å². The van der Waals surface area contributed by atoms with E-state index in [0.29, 0.717) is 32.8 Å². The zero-order chi connectivity index (χ0) is 19.8. The average Bonchev–Trinajstić information content (AvgIpc) is 3.28. The normalized spacial score (nSPS) is 11.1. The molecular formula is C19H14Cl2N4O3. The highest BCUT2D eigenvalue weighted by Crippen LogP contribution is 2.29. The first-order chi connectivity index (χ1) is 13.4. The van der Waals surface area contributed by atoms with Crippen molar-refractivity contribution >= 4 is 34.8 Å². The van der Waals surface area contributed by atoms with Crippen LogP contribution in [0.1, 0.15) is 11.1 Å². The number of halogens is 2. The van der Waals surface area contributed by atoms with Crippen molar-refractivity contribution in [3.05, 3.63) is 57.8 Å². The number of carbonyl (C=O) groups excluding carboxylic acids is 1. The number of hydrogen-bond donors (Lipinski definition) is 0. The SMILES string of the molecule is COC(=O)Cc1ccc(-c2noc(-c3cn4cc(C)cc(Cl)c4n3)n2)c(Cl)c1. The fourth-order valence-corrected chi connectivity index (χ4v) is 3.42. The number of rotatable bonds is 4. The van der Waals surface area contributed by atoms with Gasteiger partial charge in [0.05, 0.1) is 23.6 Å². The third-order valence-corrected chi connectivity index (χ3v) is 4.73. The van der Waals surface area contributed by atoms with Gasteiger partial charge in [-0.3, -0.25) is 4.79 Å². The fourth-order valence-electron chi connectivity index (χ4n) is 2.82. The third kappa shape index (κ3) is 3.46. The molecule has 4 rings (SSSR count). The number of esters is 1. The zero-order valence-electron chi connectivity index (χ0n) is 14.9. The summed E-state index contributed by atoms with van der Waals surface area (Å²) >= 11 is 12.6. The second kappa shape index (κ2) is 7.26. The number of ether oxygens (including phenoxy) is 1. The van der Waals surface area contributed by atoms with E-state index in [1.165, 1.54) is 7.11 Å². The Morgan fingerprint density at radius 1 is 1.18 bits per heavy atom. The molecule has 0 radical (unpaired) electrons. The molecule has 3 heterocycles. The summed E-state index contributed by atoms with van der Waals surface area (Å²) in [6.07, 6.45) is 3.81. The third-order valence-electron chi connectivity index (χ3n) is 4.14. The van der Waals surface area contributed by atoms with Gasteiger partial charge in [-0.15, -0.1) is 0 Å². The van der Waals surface area contributed by atoms with Crippen LogP contribution in [-0.4, -0.2) is 32.6 Å². The summed E-state index contributed by atoms with van der Waals surface area (Å²) in [4.78, 5) is 20.3. The van der Waals surface area contributed by atoms with E-state index < -0.39 is 0 Å². The van der Waals surface area contributed by atoms with Crippen LogP contribution in [0.5, 0.6) is 0 Å². The van der Waals surface area contributed by atoms with E-state index in [9.17, 15) is 4.79 Å². The first-order valence-corrected chi connectivity index (χ1v) is 9.04. The van der Waals surface area contributed by atoms with Crippen LogP contribution in [0.4, 0.5) is 0 Å². The van der Waals surface area contributed by atoms with Gasteiger partial charge in [0.1, 0.15) is 5.69 Å². The van der Waals surface area contributed by atoms with E-state index in [-0.39, 0.29) is 18.3 Å². The summed E-state index contributed by atoms with van der Waals surface area (Å²) in [6, 6.07) is 7.01. The minimum absolute atomic E-state index is 0.134. The van der Waals surface area contributed by atoms with Gasteiger partial charge in [-0.05, 0) is 36.2 Å². The Labute approximate surface area is 169 Å². The quantitative estimate of drug-likeness (QED) is 0.459. The number of imidazole rings is 1. The summed E-state index contributed by atoms with van der Waals surface area (Å²) in [7, 11) is 1.34. The molecule has 1 aromatic carbocycles. The van der Waals surface area contributed by atoms with Gasteiger partial charge in [0.25, 0.3) is 5.89 Å². The summed E-state index contributed by atoms with van der Waals surface area (Å²) in [6.45, 7) is 1.95. The molecule has 0 atom stereocenters. The van der Waals surface area contributed by atoms with Crippen LogP contribution in [-0.2, 0) is 16.0 Å². The van der Waals surface area contributed by atoms with E-state index in [1.54, 1.807) is 24.4 Å². The lowest BCUT2D eigenvalue weighted by Gasteiger charge is -2.03.